The minimum Gasteiger partial charge on any atom is -0.357 e. The number of hydrogen-bond donors (Lipinski definition) is 2. The van der Waals surface area contributed by atoms with Crippen molar-refractivity contribution in [1.29, 1.82) is 0 Å². The Morgan fingerprint density at radius 3 is 2.81 bits per heavy atom. The molecule has 0 atom stereocenters. The van der Waals surface area contributed by atoms with Crippen LogP contribution in [0.2, 0.25) is 0 Å². The van der Waals surface area contributed by atoms with Gasteiger partial charge in [0.05, 0.1) is 0 Å². The van der Waals surface area contributed by atoms with Crippen molar-refractivity contribution in [2.45, 2.75) is 39.7 Å². The van der Waals surface area contributed by atoms with Crippen molar-refractivity contribution in [1.82, 2.24) is 25.2 Å². The molecule has 2 aromatic heterocycles. The van der Waals surface area contributed by atoms with E-state index in [2.05, 4.69) is 53.5 Å². The number of pyridine rings is 1. The van der Waals surface area contributed by atoms with E-state index in [1.807, 2.05) is 28.8 Å². The summed E-state index contributed by atoms with van der Waals surface area (Å²) < 4.78 is 2.00. The number of fused-ring (bicyclic) bond motifs is 1. The fourth-order valence-electron chi connectivity index (χ4n) is 1.99. The van der Waals surface area contributed by atoms with Gasteiger partial charge >= 0.3 is 0 Å². The van der Waals surface area contributed by atoms with Crippen LogP contribution < -0.4 is 10.6 Å². The van der Waals surface area contributed by atoms with Gasteiger partial charge < -0.3 is 10.6 Å². The highest BCUT2D eigenvalue weighted by molar-refractivity contribution is 5.80. The zero-order chi connectivity index (χ0) is 15.3. The maximum absolute atomic E-state index is 4.59. The molecule has 6 heteroatoms. The first kappa shape index (κ1) is 15.3. The Balaban J connectivity index is 2.02. The van der Waals surface area contributed by atoms with Crippen LogP contribution >= 0.6 is 0 Å². The SMILES string of the molecule is CCNC(=NCCc1nnc2ccccn12)NC(C)(C)C. The summed E-state index contributed by atoms with van der Waals surface area (Å²) in [6.07, 6.45) is 2.74. The lowest BCUT2D eigenvalue weighted by atomic mass is 10.1. The van der Waals surface area contributed by atoms with E-state index in [9.17, 15) is 0 Å². The lowest BCUT2D eigenvalue weighted by Crippen LogP contribution is -2.47. The molecule has 114 valence electrons. The minimum absolute atomic E-state index is 0.0113. The van der Waals surface area contributed by atoms with Crippen molar-refractivity contribution in [3.05, 3.63) is 30.2 Å². The summed E-state index contributed by atoms with van der Waals surface area (Å²) in [5.74, 6) is 1.76. The Kier molecular flexibility index (Phi) is 4.77. The fourth-order valence-corrected chi connectivity index (χ4v) is 1.99. The summed E-state index contributed by atoms with van der Waals surface area (Å²) in [6.45, 7) is 9.92. The van der Waals surface area contributed by atoms with Gasteiger partial charge in [0.15, 0.2) is 11.6 Å². The predicted octanol–water partition coefficient (Wildman–Crippen LogP) is 1.63. The molecule has 0 aliphatic carbocycles. The predicted molar refractivity (Wildman–Crippen MR) is 85.6 cm³/mol. The summed E-state index contributed by atoms with van der Waals surface area (Å²) >= 11 is 0. The van der Waals surface area contributed by atoms with Crippen LogP contribution in [0.5, 0.6) is 0 Å². The third-order valence-electron chi connectivity index (χ3n) is 2.83. The molecule has 0 radical (unpaired) electrons. The Bertz CT molecular complexity index is 608. The molecular weight excluding hydrogens is 264 g/mol. The monoisotopic (exact) mass is 288 g/mol. The van der Waals surface area contributed by atoms with Gasteiger partial charge in [0, 0.05) is 31.2 Å². The van der Waals surface area contributed by atoms with Crippen LogP contribution in [0.15, 0.2) is 29.4 Å². The number of nitrogens with zero attached hydrogens (tertiary/aromatic N) is 4. The molecule has 0 aliphatic rings. The lowest BCUT2D eigenvalue weighted by molar-refractivity contribution is 0.501. The fraction of sp³-hybridized carbons (Fsp3) is 0.533. The molecule has 2 N–H and O–H groups in total. The van der Waals surface area contributed by atoms with Crippen molar-refractivity contribution >= 4 is 11.6 Å². The van der Waals surface area contributed by atoms with Crippen LogP contribution in [-0.2, 0) is 6.42 Å². The standard InChI is InChI=1S/C15H24N6/c1-5-16-14(18-15(2,3)4)17-10-9-13-20-19-12-8-6-7-11-21(12)13/h6-8,11H,5,9-10H2,1-4H3,(H2,16,17,18). The molecule has 0 unspecified atom stereocenters. The molecule has 0 aromatic carbocycles. The van der Waals surface area contributed by atoms with E-state index in [4.69, 9.17) is 0 Å². The first-order valence-electron chi connectivity index (χ1n) is 7.35. The van der Waals surface area contributed by atoms with E-state index in [1.54, 1.807) is 0 Å². The van der Waals surface area contributed by atoms with Crippen molar-refractivity contribution in [3.63, 3.8) is 0 Å². The lowest BCUT2D eigenvalue weighted by Gasteiger charge is -2.23. The number of aromatic nitrogens is 3. The van der Waals surface area contributed by atoms with Crippen LogP contribution in [0.4, 0.5) is 0 Å². The van der Waals surface area contributed by atoms with Gasteiger partial charge in [-0.3, -0.25) is 9.39 Å². The Hall–Kier alpha value is -2.11. The van der Waals surface area contributed by atoms with Crippen LogP contribution in [0.25, 0.3) is 5.65 Å². The average molecular weight is 288 g/mol. The summed E-state index contributed by atoms with van der Waals surface area (Å²) in [4.78, 5) is 4.59. The average Bonchev–Trinajstić information content (AvgIpc) is 2.81. The van der Waals surface area contributed by atoms with Crippen LogP contribution in [-0.4, -0.2) is 39.2 Å². The number of nitrogens with one attached hydrogen (secondary N) is 2. The van der Waals surface area contributed by atoms with Crippen molar-refractivity contribution in [2.24, 2.45) is 4.99 Å². The van der Waals surface area contributed by atoms with E-state index >= 15 is 0 Å². The third-order valence-corrected chi connectivity index (χ3v) is 2.83. The molecule has 0 saturated heterocycles. The second-order valence-electron chi connectivity index (χ2n) is 5.93. The molecule has 0 fully saturated rings. The molecule has 2 rings (SSSR count). The Morgan fingerprint density at radius 1 is 1.29 bits per heavy atom. The minimum atomic E-state index is -0.0113. The highest BCUT2D eigenvalue weighted by atomic mass is 15.2. The molecule has 0 aliphatic heterocycles. The molecule has 2 heterocycles. The van der Waals surface area contributed by atoms with E-state index in [0.29, 0.717) is 6.54 Å². The number of hydrogen-bond acceptors (Lipinski definition) is 3. The van der Waals surface area contributed by atoms with Crippen molar-refractivity contribution in [2.75, 3.05) is 13.1 Å². The highest BCUT2D eigenvalue weighted by Gasteiger charge is 2.11. The number of guanidine groups is 1. The molecule has 0 saturated carbocycles. The molecule has 0 spiro atoms. The van der Waals surface area contributed by atoms with Gasteiger partial charge in [0.2, 0.25) is 0 Å². The third kappa shape index (κ3) is 4.44. The zero-order valence-electron chi connectivity index (χ0n) is 13.2. The van der Waals surface area contributed by atoms with Crippen molar-refractivity contribution < 1.29 is 0 Å². The molecule has 0 bridgehead atoms. The quantitative estimate of drug-likeness (QED) is 0.663. The molecule has 6 nitrogen and oxygen atoms in total. The molecule has 0 amide bonds. The van der Waals surface area contributed by atoms with Gasteiger partial charge in [0.1, 0.15) is 5.82 Å². The number of rotatable bonds is 4. The molecule has 2 aromatic rings. The Labute approximate surface area is 125 Å². The molecule has 21 heavy (non-hydrogen) atoms. The van der Waals surface area contributed by atoms with E-state index in [0.717, 1.165) is 30.4 Å². The second-order valence-corrected chi connectivity index (χ2v) is 5.93. The van der Waals surface area contributed by atoms with Crippen LogP contribution in [0.1, 0.15) is 33.5 Å². The van der Waals surface area contributed by atoms with Gasteiger partial charge in [-0.15, -0.1) is 10.2 Å². The van der Waals surface area contributed by atoms with E-state index in [1.165, 1.54) is 0 Å². The number of aliphatic imine (C=N–C) groups is 1. The van der Waals surface area contributed by atoms with Gasteiger partial charge in [-0.05, 0) is 39.8 Å². The second kappa shape index (κ2) is 6.56. The molecular formula is C15H24N6. The maximum Gasteiger partial charge on any atom is 0.191 e. The first-order chi connectivity index (χ1) is 9.99. The van der Waals surface area contributed by atoms with Crippen LogP contribution in [0.3, 0.4) is 0 Å². The van der Waals surface area contributed by atoms with Gasteiger partial charge in [-0.1, -0.05) is 6.07 Å². The van der Waals surface area contributed by atoms with Gasteiger partial charge in [-0.25, -0.2) is 0 Å². The van der Waals surface area contributed by atoms with Gasteiger partial charge in [0.25, 0.3) is 0 Å². The summed E-state index contributed by atoms with van der Waals surface area (Å²) in [7, 11) is 0. The first-order valence-corrected chi connectivity index (χ1v) is 7.35. The summed E-state index contributed by atoms with van der Waals surface area (Å²) in [5, 5.41) is 15.0. The van der Waals surface area contributed by atoms with E-state index < -0.39 is 0 Å². The smallest absolute Gasteiger partial charge is 0.191 e. The zero-order valence-corrected chi connectivity index (χ0v) is 13.2. The van der Waals surface area contributed by atoms with Crippen molar-refractivity contribution in [3.8, 4) is 0 Å². The summed E-state index contributed by atoms with van der Waals surface area (Å²) in [6, 6.07) is 5.89. The summed E-state index contributed by atoms with van der Waals surface area (Å²) in [5.41, 5.74) is 0.860. The van der Waals surface area contributed by atoms with Gasteiger partial charge in [-0.2, -0.15) is 0 Å². The van der Waals surface area contributed by atoms with E-state index in [-0.39, 0.29) is 5.54 Å². The Morgan fingerprint density at radius 2 is 2.10 bits per heavy atom. The normalized spacial score (nSPS) is 12.7. The van der Waals surface area contributed by atoms with Crippen LogP contribution in [0, 0.1) is 0 Å². The maximum atomic E-state index is 4.59. The largest absolute Gasteiger partial charge is 0.357 e. The highest BCUT2D eigenvalue weighted by Crippen LogP contribution is 2.03. The topological polar surface area (TPSA) is 66.6 Å².